The maximum atomic E-state index is 9.75. The third kappa shape index (κ3) is 1.80. The van der Waals surface area contributed by atoms with Gasteiger partial charge in [0.15, 0.2) is 0 Å². The summed E-state index contributed by atoms with van der Waals surface area (Å²) < 4.78 is 0. The number of aliphatic hydroxyl groups is 1. The van der Waals surface area contributed by atoms with Gasteiger partial charge < -0.3 is 10.8 Å². The first-order chi connectivity index (χ1) is 6.83. The van der Waals surface area contributed by atoms with Crippen molar-refractivity contribution in [1.82, 2.24) is 0 Å². The Morgan fingerprint density at radius 3 is 2.71 bits per heavy atom. The highest BCUT2D eigenvalue weighted by molar-refractivity contribution is 8.00. The second kappa shape index (κ2) is 4.34. The van der Waals surface area contributed by atoms with Crippen molar-refractivity contribution >= 4 is 11.8 Å². The minimum absolute atomic E-state index is 0.302. The summed E-state index contributed by atoms with van der Waals surface area (Å²) in [5.41, 5.74) is 7.77. The Bertz CT molecular complexity index is 288. The normalized spacial score (nSPS) is 19.0. The lowest BCUT2D eigenvalue weighted by Gasteiger charge is -2.28. The number of rotatable bonds is 3. The highest BCUT2D eigenvalue weighted by Crippen LogP contribution is 2.36. The van der Waals surface area contributed by atoms with Crippen LogP contribution in [0.1, 0.15) is 23.1 Å². The van der Waals surface area contributed by atoms with E-state index in [-0.39, 0.29) is 0 Å². The van der Waals surface area contributed by atoms with Gasteiger partial charge in [0, 0.05) is 24.0 Å². The summed E-state index contributed by atoms with van der Waals surface area (Å²) in [6.07, 6.45) is -0.503. The third-order valence-corrected chi connectivity index (χ3v) is 3.93. The van der Waals surface area contributed by atoms with Gasteiger partial charge in [-0.05, 0) is 11.1 Å². The van der Waals surface area contributed by atoms with Crippen LogP contribution in [0.15, 0.2) is 24.3 Å². The largest absolute Gasteiger partial charge is 0.387 e. The molecular formula is C11H15NOS. The van der Waals surface area contributed by atoms with Crippen molar-refractivity contribution in [2.75, 3.05) is 18.1 Å². The van der Waals surface area contributed by atoms with Gasteiger partial charge in [-0.15, -0.1) is 0 Å². The van der Waals surface area contributed by atoms with Gasteiger partial charge in [-0.25, -0.2) is 0 Å². The molecule has 1 aromatic rings. The van der Waals surface area contributed by atoms with Crippen molar-refractivity contribution < 1.29 is 5.11 Å². The Labute approximate surface area is 88.5 Å². The molecule has 3 N–H and O–H groups in total. The number of nitrogens with two attached hydrogens (primary N) is 1. The van der Waals surface area contributed by atoms with Gasteiger partial charge in [-0.1, -0.05) is 24.3 Å². The van der Waals surface area contributed by atoms with E-state index in [1.165, 1.54) is 17.1 Å². The number of benzene rings is 1. The second-order valence-electron chi connectivity index (χ2n) is 3.61. The molecule has 2 rings (SSSR count). The molecule has 0 bridgehead atoms. The molecule has 2 nitrogen and oxygen atoms in total. The standard InChI is InChI=1S/C11H15NOS/c12-5-11(13)10-4-2-1-3-9(10)8-6-14-7-8/h1-4,8,11,13H,5-7,12H2. The van der Waals surface area contributed by atoms with Crippen LogP contribution in [-0.2, 0) is 0 Å². The molecule has 1 fully saturated rings. The Morgan fingerprint density at radius 1 is 1.43 bits per heavy atom. The molecule has 1 aromatic carbocycles. The molecular weight excluding hydrogens is 194 g/mol. The number of thioether (sulfide) groups is 1. The third-order valence-electron chi connectivity index (χ3n) is 2.66. The maximum absolute atomic E-state index is 9.75. The summed E-state index contributed by atoms with van der Waals surface area (Å²) in [6, 6.07) is 8.09. The molecule has 1 aliphatic heterocycles. The van der Waals surface area contributed by atoms with Crippen LogP contribution in [0.5, 0.6) is 0 Å². The fourth-order valence-electron chi connectivity index (χ4n) is 1.73. The number of hydrogen-bond acceptors (Lipinski definition) is 3. The van der Waals surface area contributed by atoms with Gasteiger partial charge >= 0.3 is 0 Å². The molecule has 3 heteroatoms. The first-order valence-corrected chi connectivity index (χ1v) is 6.03. The SMILES string of the molecule is NCC(O)c1ccccc1C1CSC1. The predicted molar refractivity (Wildman–Crippen MR) is 60.5 cm³/mol. The minimum atomic E-state index is -0.503. The molecule has 1 aliphatic rings. The van der Waals surface area contributed by atoms with Crippen molar-refractivity contribution in [1.29, 1.82) is 0 Å². The average molecular weight is 209 g/mol. The second-order valence-corrected chi connectivity index (χ2v) is 4.69. The fourth-order valence-corrected chi connectivity index (χ4v) is 2.56. The van der Waals surface area contributed by atoms with Crippen LogP contribution in [0.25, 0.3) is 0 Å². The van der Waals surface area contributed by atoms with Crippen LogP contribution >= 0.6 is 11.8 Å². The van der Waals surface area contributed by atoms with Crippen molar-refractivity contribution in [3.8, 4) is 0 Å². The van der Waals surface area contributed by atoms with Crippen molar-refractivity contribution in [3.05, 3.63) is 35.4 Å². The molecule has 1 heterocycles. The van der Waals surface area contributed by atoms with E-state index >= 15 is 0 Å². The predicted octanol–water partition coefficient (Wildman–Crippen LogP) is 1.51. The zero-order valence-corrected chi connectivity index (χ0v) is 8.83. The molecule has 0 aliphatic carbocycles. The number of hydrogen-bond donors (Lipinski definition) is 2. The van der Waals surface area contributed by atoms with Crippen LogP contribution in [0.2, 0.25) is 0 Å². The van der Waals surface area contributed by atoms with Crippen molar-refractivity contribution in [3.63, 3.8) is 0 Å². The van der Waals surface area contributed by atoms with Gasteiger partial charge in [-0.3, -0.25) is 0 Å². The summed E-state index contributed by atoms with van der Waals surface area (Å²) in [7, 11) is 0. The lowest BCUT2D eigenvalue weighted by Crippen LogP contribution is -2.20. The molecule has 0 amide bonds. The summed E-state index contributed by atoms with van der Waals surface area (Å²) in [6.45, 7) is 0.302. The minimum Gasteiger partial charge on any atom is -0.387 e. The van der Waals surface area contributed by atoms with E-state index in [1.54, 1.807) is 0 Å². The average Bonchev–Trinajstić information content (AvgIpc) is 2.15. The first kappa shape index (κ1) is 10.0. The van der Waals surface area contributed by atoms with E-state index in [0.717, 1.165) is 5.56 Å². The summed E-state index contributed by atoms with van der Waals surface area (Å²) in [5, 5.41) is 9.75. The Morgan fingerprint density at radius 2 is 2.14 bits per heavy atom. The van der Waals surface area contributed by atoms with Crippen LogP contribution in [0, 0.1) is 0 Å². The van der Waals surface area contributed by atoms with Crippen LogP contribution in [-0.4, -0.2) is 23.2 Å². The highest BCUT2D eigenvalue weighted by Gasteiger charge is 2.24. The Hall–Kier alpha value is -0.510. The quantitative estimate of drug-likeness (QED) is 0.793. The molecule has 1 unspecified atom stereocenters. The summed E-state index contributed by atoms with van der Waals surface area (Å²) in [5.74, 6) is 2.97. The van der Waals surface area contributed by atoms with Gasteiger partial charge in [0.2, 0.25) is 0 Å². The van der Waals surface area contributed by atoms with E-state index in [9.17, 15) is 5.11 Å². The lowest BCUT2D eigenvalue weighted by molar-refractivity contribution is 0.185. The zero-order valence-electron chi connectivity index (χ0n) is 8.02. The first-order valence-electron chi connectivity index (χ1n) is 4.87. The monoisotopic (exact) mass is 209 g/mol. The molecule has 76 valence electrons. The maximum Gasteiger partial charge on any atom is 0.0915 e. The summed E-state index contributed by atoms with van der Waals surface area (Å²) in [4.78, 5) is 0. The van der Waals surface area contributed by atoms with E-state index < -0.39 is 6.10 Å². The highest BCUT2D eigenvalue weighted by atomic mass is 32.2. The van der Waals surface area contributed by atoms with E-state index in [1.807, 2.05) is 30.0 Å². The molecule has 0 spiro atoms. The summed E-state index contributed by atoms with van der Waals surface area (Å²) >= 11 is 1.96. The molecule has 1 saturated heterocycles. The van der Waals surface area contributed by atoms with Gasteiger partial charge in [0.25, 0.3) is 0 Å². The van der Waals surface area contributed by atoms with Crippen molar-refractivity contribution in [2.45, 2.75) is 12.0 Å². The number of aliphatic hydroxyl groups excluding tert-OH is 1. The molecule has 0 radical (unpaired) electrons. The van der Waals surface area contributed by atoms with E-state index in [4.69, 9.17) is 5.73 Å². The van der Waals surface area contributed by atoms with Gasteiger partial charge in [0.1, 0.15) is 0 Å². The lowest BCUT2D eigenvalue weighted by atomic mass is 9.93. The Kier molecular flexibility index (Phi) is 3.11. The molecule has 0 aromatic heterocycles. The topological polar surface area (TPSA) is 46.2 Å². The molecule has 14 heavy (non-hydrogen) atoms. The van der Waals surface area contributed by atoms with Crippen LogP contribution in [0.4, 0.5) is 0 Å². The van der Waals surface area contributed by atoms with Gasteiger partial charge in [0.05, 0.1) is 6.10 Å². The van der Waals surface area contributed by atoms with Gasteiger partial charge in [-0.2, -0.15) is 11.8 Å². The van der Waals surface area contributed by atoms with Crippen LogP contribution < -0.4 is 5.73 Å². The fraction of sp³-hybridized carbons (Fsp3) is 0.455. The smallest absolute Gasteiger partial charge is 0.0915 e. The Balaban J connectivity index is 2.27. The van der Waals surface area contributed by atoms with E-state index in [0.29, 0.717) is 12.5 Å². The van der Waals surface area contributed by atoms with E-state index in [2.05, 4.69) is 6.07 Å². The molecule has 0 saturated carbocycles. The van der Waals surface area contributed by atoms with Crippen LogP contribution in [0.3, 0.4) is 0 Å². The van der Waals surface area contributed by atoms with Crippen molar-refractivity contribution in [2.24, 2.45) is 5.73 Å². The molecule has 1 atom stereocenters. The zero-order chi connectivity index (χ0) is 9.97.